The van der Waals surface area contributed by atoms with Crippen molar-refractivity contribution in [1.29, 1.82) is 0 Å². The van der Waals surface area contributed by atoms with E-state index in [9.17, 15) is 16.8 Å². The minimum Gasteiger partial charge on any atom is -0.356 e. The molecule has 0 aliphatic carbocycles. The van der Waals surface area contributed by atoms with Gasteiger partial charge in [0, 0.05) is 26.7 Å². The monoisotopic (exact) mass is 511 g/mol. The highest BCUT2D eigenvalue weighted by molar-refractivity contribution is 7.92. The number of sulfonamides is 1. The summed E-state index contributed by atoms with van der Waals surface area (Å²) in [5.41, 5.74) is 1.90. The summed E-state index contributed by atoms with van der Waals surface area (Å²) in [7, 11) is -4.71. The summed E-state index contributed by atoms with van der Waals surface area (Å²) in [5.74, 6) is 0.147. The molecule has 0 fully saturated rings. The van der Waals surface area contributed by atoms with Gasteiger partial charge in [-0.1, -0.05) is 49.2 Å². The van der Waals surface area contributed by atoms with E-state index in [0.717, 1.165) is 11.1 Å². The lowest BCUT2D eigenvalue weighted by Crippen LogP contribution is -2.41. The summed E-state index contributed by atoms with van der Waals surface area (Å²) in [5, 5.41) is -0.912. The molecule has 2 atom stereocenters. The van der Waals surface area contributed by atoms with Crippen LogP contribution in [0.4, 0.5) is 0 Å². The Morgan fingerprint density at radius 1 is 0.735 bits per heavy atom. The lowest BCUT2D eigenvalue weighted by atomic mass is 9.99. The topological polar surface area (TPSA) is 98.8 Å². The van der Waals surface area contributed by atoms with Crippen molar-refractivity contribution in [3.63, 3.8) is 0 Å². The molecular formula is C25H37NO6S2. The Hall–Kier alpha value is -1.78. The predicted octanol–water partition coefficient (Wildman–Crippen LogP) is 4.24. The van der Waals surface area contributed by atoms with Crippen molar-refractivity contribution < 1.29 is 26.3 Å². The first kappa shape index (κ1) is 28.5. The second kappa shape index (κ2) is 12.3. The second-order valence-electron chi connectivity index (χ2n) is 9.11. The van der Waals surface area contributed by atoms with E-state index >= 15 is 0 Å². The normalized spacial score (nSPS) is 14.5. The molecule has 1 N–H and O–H groups in total. The van der Waals surface area contributed by atoms with Crippen LogP contribution >= 0.6 is 0 Å². The van der Waals surface area contributed by atoms with E-state index in [2.05, 4.69) is 4.72 Å². The molecule has 2 rings (SSSR count). The Balaban J connectivity index is 2.41. The fraction of sp³-hybridized carbons (Fsp3) is 0.520. The van der Waals surface area contributed by atoms with Crippen LogP contribution in [0.15, 0.2) is 58.3 Å². The minimum atomic E-state index is -3.83. The first-order chi connectivity index (χ1) is 15.9. The highest BCUT2D eigenvalue weighted by Gasteiger charge is 2.34. The van der Waals surface area contributed by atoms with Gasteiger partial charge in [-0.2, -0.15) is 0 Å². The summed E-state index contributed by atoms with van der Waals surface area (Å²) in [6.07, 6.45) is -0.0961. The van der Waals surface area contributed by atoms with Gasteiger partial charge in [0.1, 0.15) is 0 Å². The maximum Gasteiger partial charge on any atom is 0.240 e. The molecule has 2 aromatic rings. The molecule has 190 valence electrons. The lowest BCUT2D eigenvalue weighted by molar-refractivity contribution is -0.106. The van der Waals surface area contributed by atoms with Gasteiger partial charge in [0.05, 0.1) is 15.0 Å². The minimum absolute atomic E-state index is 0.0735. The van der Waals surface area contributed by atoms with Gasteiger partial charge >= 0.3 is 0 Å². The van der Waals surface area contributed by atoms with Crippen LogP contribution in [0.25, 0.3) is 0 Å². The number of nitrogens with one attached hydrogen (secondary N) is 1. The maximum atomic E-state index is 13.6. The van der Waals surface area contributed by atoms with Gasteiger partial charge in [-0.05, 0) is 56.9 Å². The van der Waals surface area contributed by atoms with Crippen molar-refractivity contribution in [3.8, 4) is 0 Å². The van der Waals surface area contributed by atoms with Crippen molar-refractivity contribution in [2.75, 3.05) is 14.2 Å². The van der Waals surface area contributed by atoms with Gasteiger partial charge < -0.3 is 9.47 Å². The van der Waals surface area contributed by atoms with Crippen molar-refractivity contribution >= 4 is 19.9 Å². The first-order valence-corrected chi connectivity index (χ1v) is 14.4. The molecule has 34 heavy (non-hydrogen) atoms. The zero-order valence-electron chi connectivity index (χ0n) is 20.8. The summed E-state index contributed by atoms with van der Waals surface area (Å²) in [4.78, 5) is 0.343. The highest BCUT2D eigenvalue weighted by atomic mass is 32.2. The molecule has 7 nitrogen and oxygen atoms in total. The summed E-state index contributed by atoms with van der Waals surface area (Å²) in [6.45, 7) is 7.72. The third-order valence-corrected chi connectivity index (χ3v) is 9.45. The van der Waals surface area contributed by atoms with Gasteiger partial charge in [0.25, 0.3) is 0 Å². The number of rotatable bonds is 13. The van der Waals surface area contributed by atoms with E-state index in [1.807, 2.05) is 27.7 Å². The number of hydrogen-bond acceptors (Lipinski definition) is 6. The van der Waals surface area contributed by atoms with E-state index in [0.29, 0.717) is 6.42 Å². The van der Waals surface area contributed by atoms with Gasteiger partial charge in [0.2, 0.25) is 10.0 Å². The van der Waals surface area contributed by atoms with E-state index in [1.165, 1.54) is 14.2 Å². The summed E-state index contributed by atoms with van der Waals surface area (Å²) >= 11 is 0. The van der Waals surface area contributed by atoms with Crippen LogP contribution in [0.3, 0.4) is 0 Å². The van der Waals surface area contributed by atoms with Crippen LogP contribution in [0.2, 0.25) is 0 Å². The molecule has 0 bridgehead atoms. The predicted molar refractivity (Wildman–Crippen MR) is 134 cm³/mol. The lowest BCUT2D eigenvalue weighted by Gasteiger charge is -2.28. The van der Waals surface area contributed by atoms with Crippen LogP contribution in [-0.2, 0) is 29.3 Å². The summed E-state index contributed by atoms with van der Waals surface area (Å²) < 4.78 is 66.8. The third-order valence-electron chi connectivity index (χ3n) is 5.73. The Morgan fingerprint density at radius 3 is 1.65 bits per heavy atom. The number of ether oxygens (including phenoxy) is 2. The molecule has 0 heterocycles. The molecule has 0 saturated heterocycles. The van der Waals surface area contributed by atoms with Crippen molar-refractivity contribution in [1.82, 2.24) is 4.72 Å². The number of hydrogen-bond donors (Lipinski definition) is 1. The third kappa shape index (κ3) is 7.88. The number of benzene rings is 2. The first-order valence-electron chi connectivity index (χ1n) is 11.3. The average molecular weight is 512 g/mol. The second-order valence-corrected chi connectivity index (χ2v) is 13.1. The van der Waals surface area contributed by atoms with Crippen LogP contribution in [-0.4, -0.2) is 48.6 Å². The fourth-order valence-electron chi connectivity index (χ4n) is 3.86. The van der Waals surface area contributed by atoms with Gasteiger partial charge in [-0.3, -0.25) is 0 Å². The molecule has 0 aliphatic heterocycles. The number of methoxy groups -OCH3 is 2. The quantitative estimate of drug-likeness (QED) is 0.404. The molecule has 2 unspecified atom stereocenters. The fourth-order valence-corrected chi connectivity index (χ4v) is 6.92. The Bertz CT molecular complexity index is 1110. The SMILES string of the molecule is COC(CC(CC(CC(C)C)NS(=O)(=O)c1ccc(C)cc1)S(=O)(=O)c1ccc(C)cc1)OC. The molecule has 0 radical (unpaired) electrons. The molecule has 0 saturated carbocycles. The molecule has 0 spiro atoms. The summed E-state index contributed by atoms with van der Waals surface area (Å²) in [6, 6.07) is 12.6. The van der Waals surface area contributed by atoms with E-state index in [4.69, 9.17) is 9.47 Å². The van der Waals surface area contributed by atoms with Gasteiger partial charge in [0.15, 0.2) is 16.1 Å². The Labute approximate surface area is 204 Å². The molecule has 2 aromatic carbocycles. The standard InChI is InChI=1S/C25H37NO6S2/c1-18(2)15-21(26-34(29,30)23-13-9-20(4)10-14-23)16-24(17-25(31-5)32-6)33(27,28)22-11-7-19(3)8-12-22/h7-14,18,21,24-26H,15-17H2,1-6H3. The van der Waals surface area contributed by atoms with Crippen LogP contribution in [0, 0.1) is 19.8 Å². The van der Waals surface area contributed by atoms with Crippen LogP contribution in [0.1, 0.15) is 44.2 Å². The van der Waals surface area contributed by atoms with Gasteiger partial charge in [-0.15, -0.1) is 0 Å². The Morgan fingerprint density at radius 2 is 1.21 bits per heavy atom. The van der Waals surface area contributed by atoms with Crippen LogP contribution < -0.4 is 4.72 Å². The van der Waals surface area contributed by atoms with Crippen LogP contribution in [0.5, 0.6) is 0 Å². The zero-order chi connectivity index (χ0) is 25.5. The largest absolute Gasteiger partial charge is 0.356 e. The molecular weight excluding hydrogens is 474 g/mol. The van der Waals surface area contributed by atoms with Gasteiger partial charge in [-0.25, -0.2) is 21.6 Å². The van der Waals surface area contributed by atoms with Crippen molar-refractivity contribution in [2.24, 2.45) is 5.92 Å². The van der Waals surface area contributed by atoms with E-state index < -0.39 is 37.4 Å². The van der Waals surface area contributed by atoms with E-state index in [-0.39, 0.29) is 28.6 Å². The zero-order valence-corrected chi connectivity index (χ0v) is 22.4. The molecule has 0 amide bonds. The van der Waals surface area contributed by atoms with E-state index in [1.54, 1.807) is 48.5 Å². The molecule has 9 heteroatoms. The molecule has 0 aromatic heterocycles. The Kier molecular flexibility index (Phi) is 10.3. The van der Waals surface area contributed by atoms with Crippen molar-refractivity contribution in [2.45, 2.75) is 74.3 Å². The van der Waals surface area contributed by atoms with Crippen molar-refractivity contribution in [3.05, 3.63) is 59.7 Å². The molecule has 0 aliphatic rings. The highest BCUT2D eigenvalue weighted by Crippen LogP contribution is 2.27. The maximum absolute atomic E-state index is 13.6. The number of sulfone groups is 1. The smallest absolute Gasteiger partial charge is 0.240 e. The average Bonchev–Trinajstić information content (AvgIpc) is 2.76. The number of aryl methyl sites for hydroxylation is 2.